The number of phenols is 1. The molecule has 5 nitrogen and oxygen atoms in total. The van der Waals surface area contributed by atoms with Crippen LogP contribution >= 0.6 is 0 Å². The molecule has 0 heterocycles. The molecule has 2 N–H and O–H groups in total. The van der Waals surface area contributed by atoms with Crippen LogP contribution in [0.4, 0.5) is 0 Å². The Morgan fingerprint density at radius 3 is 2.33 bits per heavy atom. The largest absolute Gasteiger partial charge is 0.508 e. The normalized spacial score (nSPS) is 11.9. The molecule has 0 aliphatic carbocycles. The molecule has 18 heavy (non-hydrogen) atoms. The first kappa shape index (κ1) is 14.0. The van der Waals surface area contributed by atoms with Crippen molar-refractivity contribution >= 4 is 11.9 Å². The van der Waals surface area contributed by atoms with Crippen molar-refractivity contribution in [3.63, 3.8) is 0 Å². The topological polar surface area (TPSA) is 77.8 Å². The van der Waals surface area contributed by atoms with Crippen molar-refractivity contribution in [3.8, 4) is 5.75 Å². The standard InChI is InChI=1S/C13H17NO4/c1-9(13(17)18)8-14(2)12(16)7-10-3-5-11(15)6-4-10/h3-6,9,15H,7-8H2,1-2H3,(H,17,18). The molecule has 1 unspecified atom stereocenters. The summed E-state index contributed by atoms with van der Waals surface area (Å²) < 4.78 is 0. The first-order valence-electron chi connectivity index (χ1n) is 5.65. The lowest BCUT2D eigenvalue weighted by Crippen LogP contribution is -2.34. The molecule has 98 valence electrons. The second kappa shape index (κ2) is 6.05. The minimum absolute atomic E-state index is 0.145. The molecule has 1 amide bonds. The molecule has 1 aromatic carbocycles. The Bertz CT molecular complexity index is 427. The zero-order valence-electron chi connectivity index (χ0n) is 10.5. The summed E-state index contributed by atoms with van der Waals surface area (Å²) in [7, 11) is 1.59. The predicted molar refractivity (Wildman–Crippen MR) is 66.2 cm³/mol. The number of phenolic OH excluding ortho intramolecular Hbond substituents is 1. The van der Waals surface area contributed by atoms with E-state index in [9.17, 15) is 9.59 Å². The maximum Gasteiger partial charge on any atom is 0.308 e. The molecule has 0 saturated carbocycles. The average Bonchev–Trinajstić information content (AvgIpc) is 2.31. The van der Waals surface area contributed by atoms with E-state index < -0.39 is 11.9 Å². The van der Waals surface area contributed by atoms with E-state index in [1.54, 1.807) is 26.1 Å². The van der Waals surface area contributed by atoms with E-state index in [1.165, 1.54) is 17.0 Å². The van der Waals surface area contributed by atoms with Gasteiger partial charge in [0.15, 0.2) is 0 Å². The van der Waals surface area contributed by atoms with Crippen molar-refractivity contribution < 1.29 is 19.8 Å². The highest BCUT2D eigenvalue weighted by Crippen LogP contribution is 2.11. The number of hydrogen-bond acceptors (Lipinski definition) is 3. The number of likely N-dealkylation sites (N-methyl/N-ethyl adjacent to an activating group) is 1. The van der Waals surface area contributed by atoms with Crippen molar-refractivity contribution in [2.24, 2.45) is 5.92 Å². The van der Waals surface area contributed by atoms with Crippen molar-refractivity contribution in [2.45, 2.75) is 13.3 Å². The molecule has 0 bridgehead atoms. The van der Waals surface area contributed by atoms with Gasteiger partial charge in [-0.2, -0.15) is 0 Å². The summed E-state index contributed by atoms with van der Waals surface area (Å²) >= 11 is 0. The van der Waals surface area contributed by atoms with Gasteiger partial charge in [-0.05, 0) is 17.7 Å². The molecule has 0 radical (unpaired) electrons. The summed E-state index contributed by atoms with van der Waals surface area (Å²) in [4.78, 5) is 23.9. The fourth-order valence-electron chi connectivity index (χ4n) is 1.51. The van der Waals surface area contributed by atoms with Gasteiger partial charge in [0.1, 0.15) is 5.75 Å². The lowest BCUT2D eigenvalue weighted by atomic mass is 10.1. The number of carbonyl (C=O) groups is 2. The number of carboxylic acids is 1. The van der Waals surface area contributed by atoms with Gasteiger partial charge in [0, 0.05) is 13.6 Å². The molecule has 0 spiro atoms. The highest BCUT2D eigenvalue weighted by Gasteiger charge is 2.17. The smallest absolute Gasteiger partial charge is 0.308 e. The van der Waals surface area contributed by atoms with Gasteiger partial charge >= 0.3 is 5.97 Å². The zero-order valence-corrected chi connectivity index (χ0v) is 10.5. The Morgan fingerprint density at radius 2 is 1.83 bits per heavy atom. The van der Waals surface area contributed by atoms with Crippen LogP contribution in [0.15, 0.2) is 24.3 Å². The number of aromatic hydroxyl groups is 1. The van der Waals surface area contributed by atoms with Crippen LogP contribution in [0, 0.1) is 5.92 Å². The van der Waals surface area contributed by atoms with E-state index in [4.69, 9.17) is 10.2 Å². The maximum absolute atomic E-state index is 11.8. The Balaban J connectivity index is 2.54. The summed E-state index contributed by atoms with van der Waals surface area (Å²) in [6.45, 7) is 1.75. The quantitative estimate of drug-likeness (QED) is 0.821. The van der Waals surface area contributed by atoms with Crippen molar-refractivity contribution in [2.75, 3.05) is 13.6 Å². The molecule has 5 heteroatoms. The number of amides is 1. The van der Waals surface area contributed by atoms with E-state index in [0.29, 0.717) is 0 Å². The summed E-state index contributed by atoms with van der Waals surface area (Å²) in [6, 6.07) is 6.37. The Hall–Kier alpha value is -2.04. The predicted octanol–water partition coefficient (Wildman–Crippen LogP) is 1.11. The maximum atomic E-state index is 11.8. The summed E-state index contributed by atoms with van der Waals surface area (Å²) in [5, 5.41) is 17.9. The number of carbonyl (C=O) groups excluding carboxylic acids is 1. The molecule has 0 aliphatic heterocycles. The second-order valence-corrected chi connectivity index (χ2v) is 4.36. The van der Waals surface area contributed by atoms with Crippen LogP contribution in [-0.4, -0.2) is 40.6 Å². The summed E-state index contributed by atoms with van der Waals surface area (Å²) in [5.74, 6) is -1.49. The van der Waals surface area contributed by atoms with Crippen molar-refractivity contribution in [3.05, 3.63) is 29.8 Å². The fourth-order valence-corrected chi connectivity index (χ4v) is 1.51. The average molecular weight is 251 g/mol. The minimum Gasteiger partial charge on any atom is -0.508 e. The van der Waals surface area contributed by atoms with Crippen LogP contribution in [0.5, 0.6) is 5.75 Å². The Morgan fingerprint density at radius 1 is 1.28 bits per heavy atom. The molecule has 0 aliphatic rings. The first-order chi connectivity index (χ1) is 8.40. The van der Waals surface area contributed by atoms with Crippen LogP contribution in [0.25, 0.3) is 0 Å². The van der Waals surface area contributed by atoms with Crippen LogP contribution in [0.3, 0.4) is 0 Å². The second-order valence-electron chi connectivity index (χ2n) is 4.36. The number of benzene rings is 1. The molecular weight excluding hydrogens is 234 g/mol. The van der Waals surface area contributed by atoms with E-state index in [-0.39, 0.29) is 24.6 Å². The SMILES string of the molecule is CC(CN(C)C(=O)Cc1ccc(O)cc1)C(=O)O. The Labute approximate surface area is 106 Å². The van der Waals surface area contributed by atoms with E-state index >= 15 is 0 Å². The van der Waals surface area contributed by atoms with E-state index in [2.05, 4.69) is 0 Å². The van der Waals surface area contributed by atoms with E-state index in [1.807, 2.05) is 0 Å². The number of aliphatic carboxylic acids is 1. The van der Waals surface area contributed by atoms with Crippen molar-refractivity contribution in [1.82, 2.24) is 4.90 Å². The number of carboxylic acid groups (broad SMARTS) is 1. The lowest BCUT2D eigenvalue weighted by molar-refractivity contribution is -0.142. The third kappa shape index (κ3) is 4.08. The van der Waals surface area contributed by atoms with Gasteiger partial charge in [-0.25, -0.2) is 0 Å². The highest BCUT2D eigenvalue weighted by molar-refractivity contribution is 5.79. The van der Waals surface area contributed by atoms with Crippen molar-refractivity contribution in [1.29, 1.82) is 0 Å². The van der Waals surface area contributed by atoms with Gasteiger partial charge in [0.25, 0.3) is 0 Å². The number of rotatable bonds is 5. The highest BCUT2D eigenvalue weighted by atomic mass is 16.4. The van der Waals surface area contributed by atoms with Crippen LogP contribution < -0.4 is 0 Å². The van der Waals surface area contributed by atoms with E-state index in [0.717, 1.165) is 5.56 Å². The van der Waals surface area contributed by atoms with Gasteiger partial charge < -0.3 is 15.1 Å². The molecule has 1 atom stereocenters. The number of nitrogens with zero attached hydrogens (tertiary/aromatic N) is 1. The zero-order chi connectivity index (χ0) is 13.7. The third-order valence-electron chi connectivity index (χ3n) is 2.69. The molecule has 1 rings (SSSR count). The molecule has 1 aromatic rings. The molecule has 0 saturated heterocycles. The fraction of sp³-hybridized carbons (Fsp3) is 0.385. The first-order valence-corrected chi connectivity index (χ1v) is 5.65. The summed E-state index contributed by atoms with van der Waals surface area (Å²) in [5.41, 5.74) is 0.785. The minimum atomic E-state index is -0.917. The lowest BCUT2D eigenvalue weighted by Gasteiger charge is -2.19. The summed E-state index contributed by atoms with van der Waals surface area (Å²) in [6.07, 6.45) is 0.198. The van der Waals surface area contributed by atoms with Crippen LogP contribution in [0.2, 0.25) is 0 Å². The number of hydrogen-bond donors (Lipinski definition) is 2. The third-order valence-corrected chi connectivity index (χ3v) is 2.69. The van der Waals surface area contributed by atoms with Gasteiger partial charge in [-0.1, -0.05) is 19.1 Å². The van der Waals surface area contributed by atoms with Crippen LogP contribution in [-0.2, 0) is 16.0 Å². The Kier molecular flexibility index (Phi) is 4.71. The molecule has 0 fully saturated rings. The van der Waals surface area contributed by atoms with Gasteiger partial charge in [-0.3, -0.25) is 9.59 Å². The van der Waals surface area contributed by atoms with Gasteiger partial charge in [0.05, 0.1) is 12.3 Å². The molecular formula is C13H17NO4. The van der Waals surface area contributed by atoms with Gasteiger partial charge in [-0.15, -0.1) is 0 Å². The van der Waals surface area contributed by atoms with Crippen LogP contribution in [0.1, 0.15) is 12.5 Å². The monoisotopic (exact) mass is 251 g/mol. The van der Waals surface area contributed by atoms with Gasteiger partial charge in [0.2, 0.25) is 5.91 Å². The molecule has 0 aromatic heterocycles.